The molecule has 0 aromatic heterocycles. The van der Waals surface area contributed by atoms with E-state index < -0.39 is 18.0 Å². The summed E-state index contributed by atoms with van der Waals surface area (Å²) in [5.41, 5.74) is 5.92. The van der Waals surface area contributed by atoms with Crippen LogP contribution in [0.2, 0.25) is 5.02 Å². The van der Waals surface area contributed by atoms with Crippen LogP contribution in [0.5, 0.6) is 0 Å². The Balaban J connectivity index is 2.45. The molecule has 0 aliphatic carbocycles. The number of nitrogen functional groups attached to an aromatic ring is 1. The molecule has 0 bridgehead atoms. The summed E-state index contributed by atoms with van der Waals surface area (Å²) in [5.74, 6) is -2.66. The maximum atomic E-state index is 11.9. The van der Waals surface area contributed by atoms with Gasteiger partial charge in [0, 0.05) is 18.8 Å². The molecule has 0 unspecified atom stereocenters. The average Bonchev–Trinajstić information content (AvgIpc) is 2.35. The minimum Gasteiger partial charge on any atom is -0.399 e. The second kappa shape index (κ2) is 6.47. The first-order chi connectivity index (χ1) is 9.21. The molecular weight excluding hydrogens is 299 g/mol. The van der Waals surface area contributed by atoms with Gasteiger partial charge in [0.1, 0.15) is 0 Å². The fourth-order valence-corrected chi connectivity index (χ4v) is 1.47. The molecule has 9 heteroatoms. The average molecular weight is 310 g/mol. The van der Waals surface area contributed by atoms with Crippen LogP contribution in [0.15, 0.2) is 18.2 Å². The summed E-state index contributed by atoms with van der Waals surface area (Å²) in [6.45, 7) is -0.532. The Bertz CT molecular complexity index is 520. The van der Waals surface area contributed by atoms with Gasteiger partial charge < -0.3 is 16.4 Å². The molecule has 0 aliphatic heterocycles. The lowest BCUT2D eigenvalue weighted by Crippen LogP contribution is -2.41. The molecule has 0 radical (unpaired) electrons. The molecular formula is C11H11ClF3N3O2. The van der Waals surface area contributed by atoms with Gasteiger partial charge in [0.25, 0.3) is 5.91 Å². The Morgan fingerprint density at radius 1 is 1.20 bits per heavy atom. The molecule has 110 valence electrons. The van der Waals surface area contributed by atoms with E-state index in [0.29, 0.717) is 5.69 Å². The van der Waals surface area contributed by atoms with Crippen molar-refractivity contribution in [3.05, 3.63) is 28.8 Å². The molecule has 0 aliphatic rings. The van der Waals surface area contributed by atoms with Crippen molar-refractivity contribution in [2.24, 2.45) is 0 Å². The largest absolute Gasteiger partial charge is 0.471 e. The summed E-state index contributed by atoms with van der Waals surface area (Å²) in [7, 11) is 0. The second-order valence-electron chi connectivity index (χ2n) is 3.75. The van der Waals surface area contributed by atoms with E-state index in [0.717, 1.165) is 0 Å². The van der Waals surface area contributed by atoms with E-state index in [4.69, 9.17) is 17.3 Å². The molecule has 0 heterocycles. The van der Waals surface area contributed by atoms with Crippen LogP contribution in [-0.4, -0.2) is 31.1 Å². The molecule has 0 spiro atoms. The highest BCUT2D eigenvalue weighted by Gasteiger charge is 2.38. The number of carbonyl (C=O) groups is 2. The van der Waals surface area contributed by atoms with Crippen molar-refractivity contribution in [2.45, 2.75) is 6.18 Å². The predicted molar refractivity (Wildman–Crippen MR) is 67.3 cm³/mol. The van der Waals surface area contributed by atoms with E-state index in [2.05, 4.69) is 5.32 Å². The lowest BCUT2D eigenvalue weighted by atomic mass is 10.2. The Morgan fingerprint density at radius 3 is 2.40 bits per heavy atom. The molecule has 20 heavy (non-hydrogen) atoms. The third kappa shape index (κ3) is 4.61. The first-order valence-corrected chi connectivity index (χ1v) is 5.78. The number of hydrogen-bond acceptors (Lipinski definition) is 3. The highest BCUT2D eigenvalue weighted by atomic mass is 35.5. The van der Waals surface area contributed by atoms with Crippen molar-refractivity contribution < 1.29 is 22.8 Å². The topological polar surface area (TPSA) is 84.2 Å². The van der Waals surface area contributed by atoms with E-state index >= 15 is 0 Å². The van der Waals surface area contributed by atoms with Gasteiger partial charge in [-0.05, 0) is 18.2 Å². The molecule has 1 aromatic rings. The molecule has 0 saturated carbocycles. The molecule has 0 saturated heterocycles. The lowest BCUT2D eigenvalue weighted by molar-refractivity contribution is -0.173. The maximum absolute atomic E-state index is 11.9. The SMILES string of the molecule is Nc1ccc(Cl)c(C(=O)NCCNC(=O)C(F)(F)F)c1. The normalized spacial score (nSPS) is 11.0. The molecule has 1 rings (SSSR count). The Hall–Kier alpha value is -1.96. The van der Waals surface area contributed by atoms with Gasteiger partial charge in [-0.3, -0.25) is 9.59 Å². The number of halogens is 4. The number of nitrogens with two attached hydrogens (primary N) is 1. The summed E-state index contributed by atoms with van der Waals surface area (Å²) in [6.07, 6.45) is -4.94. The quantitative estimate of drug-likeness (QED) is 0.579. The van der Waals surface area contributed by atoms with Crippen LogP contribution in [0, 0.1) is 0 Å². The van der Waals surface area contributed by atoms with E-state index in [1.54, 1.807) is 5.32 Å². The maximum Gasteiger partial charge on any atom is 0.471 e. The van der Waals surface area contributed by atoms with E-state index in [1.165, 1.54) is 18.2 Å². The number of amides is 2. The highest BCUT2D eigenvalue weighted by molar-refractivity contribution is 6.34. The minimum atomic E-state index is -4.94. The van der Waals surface area contributed by atoms with Gasteiger partial charge >= 0.3 is 12.1 Å². The van der Waals surface area contributed by atoms with Crippen LogP contribution in [0.25, 0.3) is 0 Å². The minimum absolute atomic E-state index is 0.105. The van der Waals surface area contributed by atoms with Crippen LogP contribution in [0.4, 0.5) is 18.9 Å². The predicted octanol–water partition coefficient (Wildman–Crippen LogP) is 1.33. The van der Waals surface area contributed by atoms with Gasteiger partial charge in [-0.2, -0.15) is 13.2 Å². The van der Waals surface area contributed by atoms with Gasteiger partial charge in [-0.1, -0.05) is 11.6 Å². The van der Waals surface area contributed by atoms with Gasteiger partial charge in [-0.15, -0.1) is 0 Å². The Labute approximate surface area is 117 Å². The summed E-state index contributed by atoms with van der Waals surface area (Å²) < 4.78 is 35.6. The van der Waals surface area contributed by atoms with Crippen molar-refractivity contribution in [1.82, 2.24) is 10.6 Å². The van der Waals surface area contributed by atoms with Gasteiger partial charge in [0.2, 0.25) is 0 Å². The van der Waals surface area contributed by atoms with Crippen molar-refractivity contribution in [3.63, 3.8) is 0 Å². The van der Waals surface area contributed by atoms with E-state index in [9.17, 15) is 22.8 Å². The summed E-state index contributed by atoms with van der Waals surface area (Å²) >= 11 is 5.78. The monoisotopic (exact) mass is 309 g/mol. The number of benzene rings is 1. The van der Waals surface area contributed by atoms with Crippen LogP contribution < -0.4 is 16.4 Å². The number of anilines is 1. The first-order valence-electron chi connectivity index (χ1n) is 5.40. The van der Waals surface area contributed by atoms with Crippen LogP contribution >= 0.6 is 11.6 Å². The molecule has 0 atom stereocenters. The highest BCUT2D eigenvalue weighted by Crippen LogP contribution is 2.18. The standard InChI is InChI=1S/C11H11ClF3N3O2/c12-8-2-1-6(16)5-7(8)9(19)17-3-4-18-10(20)11(13,14)15/h1-2,5H,3-4,16H2,(H,17,19)(H,18,20). The number of carbonyl (C=O) groups excluding carboxylic acids is 2. The summed E-state index contributed by atoms with van der Waals surface area (Å²) in [4.78, 5) is 22.2. The van der Waals surface area contributed by atoms with Gasteiger partial charge in [-0.25, -0.2) is 0 Å². The number of hydrogen-bond donors (Lipinski definition) is 3. The van der Waals surface area contributed by atoms with Crippen molar-refractivity contribution in [1.29, 1.82) is 0 Å². The van der Waals surface area contributed by atoms with Crippen molar-refractivity contribution in [2.75, 3.05) is 18.8 Å². The second-order valence-corrected chi connectivity index (χ2v) is 4.16. The lowest BCUT2D eigenvalue weighted by Gasteiger charge is -2.09. The number of rotatable bonds is 4. The zero-order valence-corrected chi connectivity index (χ0v) is 10.8. The fourth-order valence-electron chi connectivity index (χ4n) is 1.26. The van der Waals surface area contributed by atoms with Crippen molar-refractivity contribution >= 4 is 29.1 Å². The zero-order valence-electron chi connectivity index (χ0n) is 10.1. The van der Waals surface area contributed by atoms with Gasteiger partial charge in [0.15, 0.2) is 0 Å². The van der Waals surface area contributed by atoms with Crippen LogP contribution in [0.3, 0.4) is 0 Å². The van der Waals surface area contributed by atoms with Crippen LogP contribution in [0.1, 0.15) is 10.4 Å². The Morgan fingerprint density at radius 2 is 1.80 bits per heavy atom. The fraction of sp³-hybridized carbons (Fsp3) is 0.273. The zero-order chi connectivity index (χ0) is 15.3. The third-order valence-electron chi connectivity index (χ3n) is 2.19. The van der Waals surface area contributed by atoms with Crippen molar-refractivity contribution in [3.8, 4) is 0 Å². The van der Waals surface area contributed by atoms with Crippen LogP contribution in [-0.2, 0) is 4.79 Å². The smallest absolute Gasteiger partial charge is 0.399 e. The third-order valence-corrected chi connectivity index (χ3v) is 2.52. The summed E-state index contributed by atoms with van der Waals surface area (Å²) in [5, 5.41) is 4.09. The first kappa shape index (κ1) is 16.1. The van der Waals surface area contributed by atoms with E-state index in [1.807, 2.05) is 0 Å². The molecule has 4 N–H and O–H groups in total. The summed E-state index contributed by atoms with van der Waals surface area (Å²) in [6, 6.07) is 4.27. The molecule has 1 aromatic carbocycles. The molecule has 5 nitrogen and oxygen atoms in total. The van der Waals surface area contributed by atoms with Gasteiger partial charge in [0.05, 0.1) is 10.6 Å². The number of alkyl halides is 3. The number of nitrogens with one attached hydrogen (secondary N) is 2. The molecule has 0 fully saturated rings. The Kier molecular flexibility index (Phi) is 5.20. The molecule has 2 amide bonds. The van der Waals surface area contributed by atoms with E-state index in [-0.39, 0.29) is 23.7 Å².